The molecule has 5 nitrogen and oxygen atoms in total. The number of carbonyl (C=O) groups is 1. The number of amides is 1. The second-order valence-corrected chi connectivity index (χ2v) is 7.15. The summed E-state index contributed by atoms with van der Waals surface area (Å²) in [5.41, 5.74) is 1.82. The molecule has 2 aromatic rings. The highest BCUT2D eigenvalue weighted by atomic mass is 79.9. The van der Waals surface area contributed by atoms with E-state index in [9.17, 15) is 10.1 Å². The Morgan fingerprint density at radius 1 is 1.34 bits per heavy atom. The van der Waals surface area contributed by atoms with E-state index < -0.39 is 5.91 Å². The van der Waals surface area contributed by atoms with Crippen molar-refractivity contribution in [1.82, 2.24) is 0 Å². The van der Waals surface area contributed by atoms with Crippen LogP contribution in [0.5, 0.6) is 11.5 Å². The summed E-state index contributed by atoms with van der Waals surface area (Å²) < 4.78 is 11.9. The summed E-state index contributed by atoms with van der Waals surface area (Å²) in [6.07, 6.45) is 3.12. The molecule has 0 fully saturated rings. The van der Waals surface area contributed by atoms with Gasteiger partial charge in [-0.3, -0.25) is 4.79 Å². The van der Waals surface area contributed by atoms with Crippen LogP contribution in [0.4, 0.5) is 5.69 Å². The number of ether oxygens (including phenoxy) is 2. The van der Waals surface area contributed by atoms with Gasteiger partial charge in [-0.25, -0.2) is 0 Å². The molecule has 0 saturated heterocycles. The molecule has 150 valence electrons. The van der Waals surface area contributed by atoms with E-state index in [-0.39, 0.29) is 5.57 Å². The molecule has 2 aromatic carbocycles. The fraction of sp³-hybridized carbons (Fsp3) is 0.182. The third-order valence-corrected chi connectivity index (χ3v) is 5.00. The summed E-state index contributed by atoms with van der Waals surface area (Å²) in [5.74, 6) is 0.509. The smallest absolute Gasteiger partial charge is 0.266 e. The van der Waals surface area contributed by atoms with Crippen molar-refractivity contribution in [1.29, 1.82) is 5.26 Å². The van der Waals surface area contributed by atoms with E-state index in [0.717, 1.165) is 5.56 Å². The second kappa shape index (κ2) is 10.7. The average Bonchev–Trinajstić information content (AvgIpc) is 2.70. The maximum Gasteiger partial charge on any atom is 0.266 e. The van der Waals surface area contributed by atoms with Gasteiger partial charge in [-0.15, -0.1) is 0 Å². The van der Waals surface area contributed by atoms with Crippen molar-refractivity contribution in [3.63, 3.8) is 0 Å². The number of rotatable bonds is 8. The molecule has 0 saturated carbocycles. The molecule has 0 atom stereocenters. The van der Waals surface area contributed by atoms with E-state index >= 15 is 0 Å². The molecule has 7 heteroatoms. The first kappa shape index (κ1) is 22.5. The van der Waals surface area contributed by atoms with E-state index in [1.54, 1.807) is 43.3 Å². The predicted octanol–water partition coefficient (Wildman–Crippen LogP) is 5.92. The molecule has 0 aliphatic carbocycles. The zero-order valence-corrected chi connectivity index (χ0v) is 18.4. The molecular formula is C22H20BrClN2O3. The minimum absolute atomic E-state index is 0.0627. The molecule has 0 aliphatic heterocycles. The highest BCUT2D eigenvalue weighted by Crippen LogP contribution is 2.35. The van der Waals surface area contributed by atoms with Crippen LogP contribution in [0.1, 0.15) is 18.1 Å². The summed E-state index contributed by atoms with van der Waals surface area (Å²) in [4.78, 5) is 12.6. The fourth-order valence-electron chi connectivity index (χ4n) is 2.43. The van der Waals surface area contributed by atoms with Gasteiger partial charge in [0.2, 0.25) is 0 Å². The molecule has 0 spiro atoms. The highest BCUT2D eigenvalue weighted by molar-refractivity contribution is 9.10. The Kier molecular flexibility index (Phi) is 8.32. The van der Waals surface area contributed by atoms with Crippen LogP contribution < -0.4 is 14.8 Å². The summed E-state index contributed by atoms with van der Waals surface area (Å²) in [5, 5.41) is 12.8. The average molecular weight is 476 g/mol. The molecule has 2 rings (SSSR count). The maximum atomic E-state index is 12.6. The van der Waals surface area contributed by atoms with Gasteiger partial charge >= 0.3 is 0 Å². The van der Waals surface area contributed by atoms with Crippen LogP contribution in [0.15, 0.2) is 53.0 Å². The van der Waals surface area contributed by atoms with Crippen LogP contribution in [-0.2, 0) is 4.79 Å². The van der Waals surface area contributed by atoms with Crippen LogP contribution in [0, 0.1) is 18.3 Å². The zero-order chi connectivity index (χ0) is 21.4. The summed E-state index contributed by atoms with van der Waals surface area (Å²) in [6, 6.07) is 10.6. The Bertz CT molecular complexity index is 996. The number of halogens is 2. The lowest BCUT2D eigenvalue weighted by Crippen LogP contribution is -2.14. The number of nitrogens with one attached hydrogen (secondary N) is 1. The summed E-state index contributed by atoms with van der Waals surface area (Å²) in [7, 11) is 0. The Labute approximate surface area is 183 Å². The molecule has 0 aliphatic rings. The number of benzene rings is 2. The molecule has 0 radical (unpaired) electrons. The fourth-order valence-corrected chi connectivity index (χ4v) is 3.04. The molecule has 29 heavy (non-hydrogen) atoms. The predicted molar refractivity (Wildman–Crippen MR) is 119 cm³/mol. The first-order valence-electron chi connectivity index (χ1n) is 8.79. The van der Waals surface area contributed by atoms with E-state index in [1.807, 2.05) is 13.0 Å². The van der Waals surface area contributed by atoms with E-state index in [2.05, 4.69) is 27.8 Å². The number of anilines is 1. The molecule has 0 heterocycles. The van der Waals surface area contributed by atoms with Crippen molar-refractivity contribution >= 4 is 45.2 Å². The van der Waals surface area contributed by atoms with Crippen molar-refractivity contribution < 1.29 is 14.3 Å². The Hall–Kier alpha value is -2.75. The Morgan fingerprint density at radius 2 is 2.07 bits per heavy atom. The van der Waals surface area contributed by atoms with Crippen molar-refractivity contribution in [3.8, 4) is 17.6 Å². The van der Waals surface area contributed by atoms with Crippen LogP contribution in [0.2, 0.25) is 5.02 Å². The van der Waals surface area contributed by atoms with E-state index in [0.29, 0.717) is 45.5 Å². The van der Waals surface area contributed by atoms with Gasteiger partial charge in [-0.1, -0.05) is 46.3 Å². The van der Waals surface area contributed by atoms with Gasteiger partial charge in [0, 0.05) is 15.2 Å². The molecule has 1 N–H and O–H groups in total. The molecule has 0 bridgehead atoms. The lowest BCUT2D eigenvalue weighted by atomic mass is 10.1. The number of hydrogen-bond acceptors (Lipinski definition) is 4. The van der Waals surface area contributed by atoms with Crippen LogP contribution in [0.3, 0.4) is 0 Å². The number of hydrogen-bond donors (Lipinski definition) is 1. The van der Waals surface area contributed by atoms with Gasteiger partial charge in [0.1, 0.15) is 18.2 Å². The largest absolute Gasteiger partial charge is 0.490 e. The minimum Gasteiger partial charge on any atom is -0.490 e. The van der Waals surface area contributed by atoms with Crippen LogP contribution in [0.25, 0.3) is 6.08 Å². The van der Waals surface area contributed by atoms with Crippen LogP contribution >= 0.6 is 27.5 Å². The highest BCUT2D eigenvalue weighted by Gasteiger charge is 2.15. The number of nitrogens with zero attached hydrogens (tertiary/aromatic N) is 1. The molecule has 0 unspecified atom stereocenters. The van der Waals surface area contributed by atoms with Gasteiger partial charge < -0.3 is 14.8 Å². The van der Waals surface area contributed by atoms with E-state index in [4.69, 9.17) is 21.1 Å². The van der Waals surface area contributed by atoms with Crippen molar-refractivity contribution in [2.75, 3.05) is 18.5 Å². The summed E-state index contributed by atoms with van der Waals surface area (Å²) in [6.45, 7) is 8.05. The van der Waals surface area contributed by atoms with Crippen molar-refractivity contribution in [2.24, 2.45) is 0 Å². The lowest BCUT2D eigenvalue weighted by Gasteiger charge is -2.13. The minimum atomic E-state index is -0.533. The third-order valence-electron chi connectivity index (χ3n) is 3.90. The maximum absolute atomic E-state index is 12.6. The summed E-state index contributed by atoms with van der Waals surface area (Å²) >= 11 is 9.54. The lowest BCUT2D eigenvalue weighted by molar-refractivity contribution is -0.112. The molecular weight excluding hydrogens is 456 g/mol. The Morgan fingerprint density at radius 3 is 2.72 bits per heavy atom. The monoisotopic (exact) mass is 474 g/mol. The number of carbonyl (C=O) groups excluding carboxylic acids is 1. The third kappa shape index (κ3) is 5.86. The van der Waals surface area contributed by atoms with E-state index in [1.165, 1.54) is 6.08 Å². The SMILES string of the molecule is C=CCOc1cc(Br)c(/C=C(\C#N)C(=O)Nc2cccc(Cl)c2C)cc1OCC. The first-order valence-corrected chi connectivity index (χ1v) is 9.96. The molecule has 1 amide bonds. The van der Waals surface area contributed by atoms with Gasteiger partial charge in [-0.2, -0.15) is 5.26 Å². The second-order valence-electron chi connectivity index (χ2n) is 5.89. The number of nitriles is 1. The van der Waals surface area contributed by atoms with Crippen molar-refractivity contribution in [3.05, 3.63) is 69.2 Å². The van der Waals surface area contributed by atoms with Gasteiger partial charge in [0.25, 0.3) is 5.91 Å². The van der Waals surface area contributed by atoms with Crippen molar-refractivity contribution in [2.45, 2.75) is 13.8 Å². The molecule has 0 aromatic heterocycles. The van der Waals surface area contributed by atoms with Gasteiger partial charge in [0.05, 0.1) is 6.61 Å². The van der Waals surface area contributed by atoms with Gasteiger partial charge in [-0.05, 0) is 55.3 Å². The Balaban J connectivity index is 2.37. The van der Waals surface area contributed by atoms with Crippen LogP contribution in [-0.4, -0.2) is 19.1 Å². The normalized spacial score (nSPS) is 10.8. The first-order chi connectivity index (χ1) is 13.9. The zero-order valence-electron chi connectivity index (χ0n) is 16.1. The van der Waals surface area contributed by atoms with Gasteiger partial charge in [0.15, 0.2) is 11.5 Å². The quantitative estimate of drug-likeness (QED) is 0.292. The topological polar surface area (TPSA) is 71.3 Å². The standard InChI is InChI=1S/C22H20BrClN2O3/c1-4-9-29-21-12-17(23)15(11-20(21)28-5-2)10-16(13-25)22(27)26-19-8-6-7-18(24)14(19)3/h4,6-8,10-12H,1,5,9H2,2-3H3,(H,26,27)/b16-10+.